The summed E-state index contributed by atoms with van der Waals surface area (Å²) in [5.74, 6) is 0.407. The molecule has 0 saturated heterocycles. The summed E-state index contributed by atoms with van der Waals surface area (Å²) >= 11 is 3.42. The smallest absolute Gasteiger partial charge is 0.349 e. The van der Waals surface area contributed by atoms with Gasteiger partial charge in [-0.25, -0.2) is 4.79 Å². The summed E-state index contributed by atoms with van der Waals surface area (Å²) in [5, 5.41) is 2.72. The van der Waals surface area contributed by atoms with Crippen molar-refractivity contribution in [2.24, 2.45) is 0 Å². The molecule has 132 valence electrons. The average Bonchev–Trinajstić information content (AvgIpc) is 2.54. The molecule has 1 amide bonds. The highest BCUT2D eigenvalue weighted by molar-refractivity contribution is 9.10. The van der Waals surface area contributed by atoms with E-state index in [9.17, 15) is 9.59 Å². The first-order chi connectivity index (χ1) is 11.9. The second kappa shape index (κ2) is 8.67. The van der Waals surface area contributed by atoms with Crippen molar-refractivity contribution < 1.29 is 19.1 Å². The van der Waals surface area contributed by atoms with Gasteiger partial charge in [0.05, 0.1) is 0 Å². The minimum Gasteiger partial charge on any atom is -0.481 e. The van der Waals surface area contributed by atoms with Crippen molar-refractivity contribution in [3.63, 3.8) is 0 Å². The van der Waals surface area contributed by atoms with Crippen molar-refractivity contribution in [1.82, 2.24) is 0 Å². The number of aryl methyl sites for hydroxylation is 2. The molecule has 2 rings (SSSR count). The van der Waals surface area contributed by atoms with Gasteiger partial charge in [0.25, 0.3) is 0 Å². The molecule has 0 radical (unpaired) electrons. The van der Waals surface area contributed by atoms with Gasteiger partial charge < -0.3 is 14.8 Å². The van der Waals surface area contributed by atoms with Crippen molar-refractivity contribution in [1.29, 1.82) is 0 Å². The van der Waals surface area contributed by atoms with E-state index in [1.165, 1.54) is 0 Å². The van der Waals surface area contributed by atoms with Crippen LogP contribution in [0.4, 0.5) is 5.69 Å². The van der Waals surface area contributed by atoms with E-state index in [1.807, 2.05) is 26.0 Å². The van der Waals surface area contributed by atoms with E-state index in [2.05, 4.69) is 21.2 Å². The third-order valence-corrected chi connectivity index (χ3v) is 3.89. The Morgan fingerprint density at radius 1 is 1.12 bits per heavy atom. The summed E-state index contributed by atoms with van der Waals surface area (Å²) in [5.41, 5.74) is 2.45. The van der Waals surface area contributed by atoms with Crippen LogP contribution in [0.3, 0.4) is 0 Å². The summed E-state index contributed by atoms with van der Waals surface area (Å²) in [7, 11) is 0. The second-order valence-electron chi connectivity index (χ2n) is 5.56. The lowest BCUT2D eigenvalue weighted by atomic mass is 10.1. The fraction of sp³-hybridized carbons (Fsp3) is 0.263. The van der Waals surface area contributed by atoms with Gasteiger partial charge in [-0.15, -0.1) is 0 Å². The third kappa shape index (κ3) is 5.60. The molecule has 0 fully saturated rings. The molecule has 0 heterocycles. The molecule has 2 aromatic carbocycles. The SMILES string of the molecule is CCC(=O)Nc1cccc(OC(=O)COc2c(C)cc(Br)cc2C)c1. The monoisotopic (exact) mass is 405 g/mol. The minimum atomic E-state index is -0.513. The molecule has 25 heavy (non-hydrogen) atoms. The van der Waals surface area contributed by atoms with E-state index >= 15 is 0 Å². The van der Waals surface area contributed by atoms with Gasteiger partial charge in [0.15, 0.2) is 6.61 Å². The number of hydrogen-bond donors (Lipinski definition) is 1. The van der Waals surface area contributed by atoms with E-state index in [1.54, 1.807) is 31.2 Å². The average molecular weight is 406 g/mol. The van der Waals surface area contributed by atoms with Crippen molar-refractivity contribution in [2.75, 3.05) is 11.9 Å². The van der Waals surface area contributed by atoms with Gasteiger partial charge in [-0.3, -0.25) is 4.79 Å². The van der Waals surface area contributed by atoms with Crippen LogP contribution < -0.4 is 14.8 Å². The van der Waals surface area contributed by atoms with Crippen molar-refractivity contribution in [2.45, 2.75) is 27.2 Å². The topological polar surface area (TPSA) is 64.6 Å². The number of esters is 1. The number of rotatable bonds is 6. The lowest BCUT2D eigenvalue weighted by Crippen LogP contribution is -2.18. The number of ether oxygens (including phenoxy) is 2. The van der Waals surface area contributed by atoms with Crippen molar-refractivity contribution >= 4 is 33.5 Å². The highest BCUT2D eigenvalue weighted by Gasteiger charge is 2.11. The van der Waals surface area contributed by atoms with Crippen LogP contribution in [0.15, 0.2) is 40.9 Å². The second-order valence-corrected chi connectivity index (χ2v) is 6.48. The van der Waals surface area contributed by atoms with E-state index in [-0.39, 0.29) is 12.5 Å². The summed E-state index contributed by atoms with van der Waals surface area (Å²) in [6, 6.07) is 10.5. The van der Waals surface area contributed by atoms with Crippen LogP contribution >= 0.6 is 15.9 Å². The number of benzene rings is 2. The van der Waals surface area contributed by atoms with Gasteiger partial charge in [-0.2, -0.15) is 0 Å². The van der Waals surface area contributed by atoms with Gasteiger partial charge in [0, 0.05) is 22.6 Å². The van der Waals surface area contributed by atoms with Crippen molar-refractivity contribution in [3.8, 4) is 11.5 Å². The maximum atomic E-state index is 12.0. The van der Waals surface area contributed by atoms with Gasteiger partial charge in [0.2, 0.25) is 5.91 Å². The minimum absolute atomic E-state index is 0.104. The van der Waals surface area contributed by atoms with Crippen LogP contribution in [-0.4, -0.2) is 18.5 Å². The Morgan fingerprint density at radius 2 is 1.80 bits per heavy atom. The number of nitrogens with one attached hydrogen (secondary N) is 1. The predicted octanol–water partition coefficient (Wildman–Crippen LogP) is 4.40. The molecule has 6 heteroatoms. The summed E-state index contributed by atoms with van der Waals surface area (Å²) < 4.78 is 11.8. The fourth-order valence-electron chi connectivity index (χ4n) is 2.30. The molecule has 0 bridgehead atoms. The van der Waals surface area contributed by atoms with E-state index in [0.29, 0.717) is 23.6 Å². The molecule has 0 saturated carbocycles. The zero-order valence-electron chi connectivity index (χ0n) is 14.4. The van der Waals surface area contributed by atoms with E-state index in [4.69, 9.17) is 9.47 Å². The summed E-state index contributed by atoms with van der Waals surface area (Å²) in [6.07, 6.45) is 0.379. The Hall–Kier alpha value is -2.34. The first kappa shape index (κ1) is 19.0. The third-order valence-electron chi connectivity index (χ3n) is 3.43. The lowest BCUT2D eigenvalue weighted by molar-refractivity contribution is -0.136. The molecular formula is C19H20BrNO4. The van der Waals surface area contributed by atoms with Gasteiger partial charge in [0.1, 0.15) is 11.5 Å². The zero-order valence-corrected chi connectivity index (χ0v) is 16.0. The number of carbonyl (C=O) groups excluding carboxylic acids is 2. The highest BCUT2D eigenvalue weighted by Crippen LogP contribution is 2.27. The van der Waals surface area contributed by atoms with Crippen molar-refractivity contribution in [3.05, 3.63) is 52.0 Å². The van der Waals surface area contributed by atoms with E-state index in [0.717, 1.165) is 15.6 Å². The van der Waals surface area contributed by atoms with E-state index < -0.39 is 5.97 Å². The van der Waals surface area contributed by atoms with Crippen LogP contribution in [-0.2, 0) is 9.59 Å². The number of carbonyl (C=O) groups is 2. The molecule has 0 spiro atoms. The number of amides is 1. The molecule has 5 nitrogen and oxygen atoms in total. The normalized spacial score (nSPS) is 10.2. The zero-order chi connectivity index (χ0) is 18.4. The Balaban J connectivity index is 1.97. The lowest BCUT2D eigenvalue weighted by Gasteiger charge is -2.12. The molecule has 0 atom stereocenters. The molecule has 0 unspecified atom stereocenters. The number of halogens is 1. The van der Waals surface area contributed by atoms with Crippen LogP contribution in [0.25, 0.3) is 0 Å². The standard InChI is InChI=1S/C19H20BrNO4/c1-4-17(22)21-15-6-5-7-16(10-15)25-18(23)11-24-19-12(2)8-14(20)9-13(19)3/h5-10H,4,11H2,1-3H3,(H,21,22). The Morgan fingerprint density at radius 3 is 2.44 bits per heavy atom. The van der Waals surface area contributed by atoms with Gasteiger partial charge in [-0.1, -0.05) is 28.9 Å². The molecule has 0 aliphatic heterocycles. The van der Waals surface area contributed by atoms with Gasteiger partial charge >= 0.3 is 5.97 Å². The number of anilines is 1. The molecule has 0 aliphatic rings. The van der Waals surface area contributed by atoms with Crippen LogP contribution in [0.2, 0.25) is 0 Å². The number of hydrogen-bond acceptors (Lipinski definition) is 4. The molecular weight excluding hydrogens is 386 g/mol. The fourth-order valence-corrected chi connectivity index (χ4v) is 2.99. The maximum absolute atomic E-state index is 12.0. The van der Waals surface area contributed by atoms with Crippen LogP contribution in [0.5, 0.6) is 11.5 Å². The predicted molar refractivity (Wildman–Crippen MR) is 100 cm³/mol. The highest BCUT2D eigenvalue weighted by atomic mass is 79.9. The Labute approximate surface area is 155 Å². The largest absolute Gasteiger partial charge is 0.481 e. The summed E-state index contributed by atoms with van der Waals surface area (Å²) in [6.45, 7) is 5.40. The Kier molecular flexibility index (Phi) is 6.58. The summed E-state index contributed by atoms with van der Waals surface area (Å²) in [4.78, 5) is 23.4. The van der Waals surface area contributed by atoms with Crippen LogP contribution in [0, 0.1) is 13.8 Å². The Bertz CT molecular complexity index is 766. The maximum Gasteiger partial charge on any atom is 0.349 e. The first-order valence-corrected chi connectivity index (χ1v) is 8.68. The first-order valence-electron chi connectivity index (χ1n) is 7.89. The molecule has 1 N–H and O–H groups in total. The quantitative estimate of drug-likeness (QED) is 0.571. The molecule has 0 aromatic heterocycles. The molecule has 2 aromatic rings. The molecule has 0 aliphatic carbocycles. The van der Waals surface area contributed by atoms with Gasteiger partial charge in [-0.05, 0) is 49.2 Å². The van der Waals surface area contributed by atoms with Crippen LogP contribution in [0.1, 0.15) is 24.5 Å².